The molecular weight excluding hydrogens is 452 g/mol. The molecule has 2 fully saturated rings. The van der Waals surface area contributed by atoms with Crippen LogP contribution in [0.25, 0.3) is 10.9 Å². The van der Waals surface area contributed by atoms with E-state index in [0.717, 1.165) is 67.5 Å². The molecule has 1 aromatic carbocycles. The number of fused-ring (bicyclic) bond motifs is 1. The first-order chi connectivity index (χ1) is 17.5. The largest absolute Gasteiger partial charge is 0.377 e. The van der Waals surface area contributed by atoms with Gasteiger partial charge < -0.3 is 9.72 Å². The fraction of sp³-hybridized carbons (Fsp3) is 0.643. The summed E-state index contributed by atoms with van der Waals surface area (Å²) in [4.78, 5) is 18.7. The molecule has 0 radical (unpaired) electrons. The number of aromatic nitrogens is 5. The highest BCUT2D eigenvalue weighted by Crippen LogP contribution is 2.34. The Morgan fingerprint density at radius 2 is 1.97 bits per heavy atom. The van der Waals surface area contributed by atoms with Gasteiger partial charge in [-0.2, -0.15) is 0 Å². The van der Waals surface area contributed by atoms with Crippen LogP contribution in [-0.2, 0) is 17.7 Å². The van der Waals surface area contributed by atoms with Gasteiger partial charge in [0.15, 0.2) is 5.82 Å². The van der Waals surface area contributed by atoms with E-state index in [0.29, 0.717) is 12.6 Å². The summed E-state index contributed by atoms with van der Waals surface area (Å²) in [6.45, 7) is 8.70. The Bertz CT molecular complexity index is 1210. The molecule has 0 amide bonds. The third kappa shape index (κ3) is 5.39. The lowest BCUT2D eigenvalue weighted by Gasteiger charge is -2.36. The number of pyridine rings is 1. The van der Waals surface area contributed by atoms with Crippen LogP contribution in [0.1, 0.15) is 94.8 Å². The summed E-state index contributed by atoms with van der Waals surface area (Å²) in [7, 11) is 0. The molecule has 0 bridgehead atoms. The molecule has 194 valence electrons. The van der Waals surface area contributed by atoms with Gasteiger partial charge in [-0.15, -0.1) is 5.10 Å². The minimum atomic E-state index is -0.0292. The number of aromatic amines is 1. The van der Waals surface area contributed by atoms with Crippen molar-refractivity contribution in [1.29, 1.82) is 0 Å². The van der Waals surface area contributed by atoms with E-state index in [9.17, 15) is 4.79 Å². The molecule has 5 rings (SSSR count). The van der Waals surface area contributed by atoms with Crippen molar-refractivity contribution in [1.82, 2.24) is 30.1 Å². The molecule has 0 spiro atoms. The molecule has 0 unspecified atom stereocenters. The second-order valence-corrected chi connectivity index (χ2v) is 10.9. The Labute approximate surface area is 213 Å². The van der Waals surface area contributed by atoms with E-state index < -0.39 is 0 Å². The van der Waals surface area contributed by atoms with Crippen molar-refractivity contribution in [3.63, 3.8) is 0 Å². The summed E-state index contributed by atoms with van der Waals surface area (Å²) in [6, 6.07) is 8.69. The van der Waals surface area contributed by atoms with E-state index in [2.05, 4.69) is 69.1 Å². The van der Waals surface area contributed by atoms with E-state index >= 15 is 0 Å². The van der Waals surface area contributed by atoms with Crippen molar-refractivity contribution in [3.8, 4) is 0 Å². The lowest BCUT2D eigenvalue weighted by molar-refractivity contribution is 0.0375. The number of nitrogens with one attached hydrogen (secondary N) is 1. The zero-order valence-electron chi connectivity index (χ0n) is 21.9. The number of aryl methyl sites for hydroxylation is 1. The maximum atomic E-state index is 13.2. The summed E-state index contributed by atoms with van der Waals surface area (Å²) in [5.41, 5.74) is 2.89. The van der Waals surface area contributed by atoms with Crippen LogP contribution in [0.4, 0.5) is 0 Å². The van der Waals surface area contributed by atoms with Crippen molar-refractivity contribution >= 4 is 10.9 Å². The van der Waals surface area contributed by atoms with E-state index in [4.69, 9.17) is 4.74 Å². The van der Waals surface area contributed by atoms with Gasteiger partial charge in [0.1, 0.15) is 0 Å². The smallest absolute Gasteiger partial charge is 0.252 e. The van der Waals surface area contributed by atoms with Crippen LogP contribution in [-0.4, -0.2) is 49.3 Å². The van der Waals surface area contributed by atoms with Crippen LogP contribution >= 0.6 is 0 Å². The van der Waals surface area contributed by atoms with Gasteiger partial charge in [-0.3, -0.25) is 9.69 Å². The number of tetrazole rings is 1. The summed E-state index contributed by atoms with van der Waals surface area (Å²) in [6.07, 6.45) is 9.24. The Morgan fingerprint density at radius 1 is 1.14 bits per heavy atom. The van der Waals surface area contributed by atoms with Gasteiger partial charge in [0.25, 0.3) is 5.56 Å². The van der Waals surface area contributed by atoms with Crippen LogP contribution in [0.5, 0.6) is 0 Å². The van der Waals surface area contributed by atoms with Crippen LogP contribution in [0.15, 0.2) is 29.1 Å². The first-order valence-electron chi connectivity index (χ1n) is 13.8. The quantitative estimate of drug-likeness (QED) is 0.454. The highest BCUT2D eigenvalue weighted by atomic mass is 16.5. The average Bonchev–Trinajstić information content (AvgIpc) is 3.57. The van der Waals surface area contributed by atoms with E-state index in [1.54, 1.807) is 0 Å². The number of H-pyrrole nitrogens is 1. The third-order valence-corrected chi connectivity index (χ3v) is 7.96. The van der Waals surface area contributed by atoms with Gasteiger partial charge >= 0.3 is 0 Å². The van der Waals surface area contributed by atoms with Crippen LogP contribution < -0.4 is 5.56 Å². The van der Waals surface area contributed by atoms with Crippen molar-refractivity contribution in [3.05, 3.63) is 51.6 Å². The third-order valence-electron chi connectivity index (χ3n) is 7.96. The Kier molecular flexibility index (Phi) is 7.82. The molecule has 36 heavy (non-hydrogen) atoms. The molecule has 1 aliphatic carbocycles. The molecule has 1 saturated heterocycles. The fourth-order valence-electron chi connectivity index (χ4n) is 6.05. The maximum Gasteiger partial charge on any atom is 0.252 e. The summed E-state index contributed by atoms with van der Waals surface area (Å²) in [5.74, 6) is 1.19. The van der Waals surface area contributed by atoms with Gasteiger partial charge in [-0.25, -0.2) is 4.68 Å². The average molecular weight is 493 g/mol. The summed E-state index contributed by atoms with van der Waals surface area (Å²) >= 11 is 0. The van der Waals surface area contributed by atoms with Gasteiger partial charge in [-0.1, -0.05) is 46.1 Å². The minimum Gasteiger partial charge on any atom is -0.377 e. The Balaban J connectivity index is 1.51. The number of rotatable bonds is 9. The molecule has 2 aromatic heterocycles. The topological polar surface area (TPSA) is 88.9 Å². The number of ether oxygens (including phenoxy) is 1. The highest BCUT2D eigenvalue weighted by molar-refractivity contribution is 5.79. The predicted octanol–water partition coefficient (Wildman–Crippen LogP) is 4.96. The van der Waals surface area contributed by atoms with Gasteiger partial charge in [0, 0.05) is 30.8 Å². The standard InChI is InChI=1S/C28H40N6O2/c1-4-20-12-13-25-21(15-20)16-22(28(35)29-25)17-33(18-24-11-8-14-36-24)26(19(2)3)27-30-31-32-34(27)23-9-6-5-7-10-23/h12-13,15-16,19,23-24,26H,4-11,14,17-18H2,1-3H3,(H,29,35)/t24-,26+/m1/s1. The first-order valence-corrected chi connectivity index (χ1v) is 13.8. The van der Waals surface area contributed by atoms with Crippen molar-refractivity contribution in [2.24, 2.45) is 5.92 Å². The number of hydrogen-bond acceptors (Lipinski definition) is 6. The fourth-order valence-corrected chi connectivity index (χ4v) is 6.05. The van der Waals surface area contributed by atoms with Gasteiger partial charge in [-0.05, 0) is 77.6 Å². The molecule has 3 aromatic rings. The van der Waals surface area contributed by atoms with Crippen LogP contribution in [0, 0.1) is 5.92 Å². The van der Waals surface area contributed by atoms with Crippen molar-refractivity contribution < 1.29 is 4.74 Å². The molecule has 2 atom stereocenters. The zero-order valence-corrected chi connectivity index (χ0v) is 21.9. The molecule has 3 heterocycles. The second-order valence-electron chi connectivity index (χ2n) is 10.9. The monoisotopic (exact) mass is 492 g/mol. The first kappa shape index (κ1) is 25.1. The van der Waals surface area contributed by atoms with Crippen molar-refractivity contribution in [2.45, 2.75) is 96.9 Å². The van der Waals surface area contributed by atoms with Crippen LogP contribution in [0.2, 0.25) is 0 Å². The Hall–Kier alpha value is -2.58. The lowest BCUT2D eigenvalue weighted by atomic mass is 9.94. The minimum absolute atomic E-state index is 0.0109. The highest BCUT2D eigenvalue weighted by Gasteiger charge is 2.34. The maximum absolute atomic E-state index is 13.2. The van der Waals surface area contributed by atoms with Gasteiger partial charge in [0.2, 0.25) is 0 Å². The molecule has 1 N–H and O–H groups in total. The van der Waals surface area contributed by atoms with Gasteiger partial charge in [0.05, 0.1) is 18.2 Å². The van der Waals surface area contributed by atoms with Crippen molar-refractivity contribution in [2.75, 3.05) is 13.2 Å². The summed E-state index contributed by atoms with van der Waals surface area (Å²) in [5, 5.41) is 14.3. The zero-order chi connectivity index (χ0) is 25.1. The summed E-state index contributed by atoms with van der Waals surface area (Å²) < 4.78 is 8.15. The second kappa shape index (κ2) is 11.2. The molecular formula is C28H40N6O2. The number of nitrogens with zero attached hydrogens (tertiary/aromatic N) is 5. The van der Waals surface area contributed by atoms with E-state index in [1.807, 2.05) is 6.07 Å². The normalized spacial score (nSPS) is 20.1. The molecule has 1 saturated carbocycles. The van der Waals surface area contributed by atoms with E-state index in [-0.39, 0.29) is 23.6 Å². The molecule has 1 aliphatic heterocycles. The SMILES string of the molecule is CCc1ccc2[nH]c(=O)c(CN(C[C@H]3CCCO3)[C@H](c3nnnn3C3CCCCC3)C(C)C)cc2c1. The lowest BCUT2D eigenvalue weighted by Crippen LogP contribution is -2.40. The molecule has 8 nitrogen and oxygen atoms in total. The predicted molar refractivity (Wildman–Crippen MR) is 141 cm³/mol. The van der Waals surface area contributed by atoms with E-state index in [1.165, 1.54) is 24.8 Å². The molecule has 2 aliphatic rings. The molecule has 8 heteroatoms. The number of benzene rings is 1. The van der Waals surface area contributed by atoms with Crippen LogP contribution in [0.3, 0.4) is 0 Å². The number of hydrogen-bond donors (Lipinski definition) is 1. The Morgan fingerprint density at radius 3 is 2.69 bits per heavy atom.